The van der Waals surface area contributed by atoms with Gasteiger partial charge in [0.05, 0.1) is 21.4 Å². The van der Waals surface area contributed by atoms with E-state index in [1.807, 2.05) is 13.8 Å². The van der Waals surface area contributed by atoms with Crippen molar-refractivity contribution < 1.29 is 22.7 Å². The van der Waals surface area contributed by atoms with Crippen LogP contribution in [0.3, 0.4) is 0 Å². The largest absolute Gasteiger partial charge is 0.486 e. The minimum atomic E-state index is -3.90. The van der Waals surface area contributed by atoms with E-state index in [9.17, 15) is 18.5 Å². The van der Waals surface area contributed by atoms with Crippen molar-refractivity contribution in [1.82, 2.24) is 4.31 Å². The molecule has 0 amide bonds. The molecule has 0 bridgehead atoms. The van der Waals surface area contributed by atoms with Gasteiger partial charge in [0.1, 0.15) is 23.5 Å². The predicted octanol–water partition coefficient (Wildman–Crippen LogP) is 4.58. The van der Waals surface area contributed by atoms with Crippen molar-refractivity contribution in [1.29, 1.82) is 5.26 Å². The van der Waals surface area contributed by atoms with E-state index in [0.717, 1.165) is 0 Å². The number of sulfonamides is 1. The van der Waals surface area contributed by atoms with Gasteiger partial charge in [0.25, 0.3) is 0 Å². The SMILES string of the molecule is CC1(C)Oc2ccc(C#N)cc2[C@@H](OC(=O)[C@@H]2CCCN2S(=O)(=O)c2ccc(Cl)cc2)[C@@H]1Br. The molecule has 0 radical (unpaired) electrons. The summed E-state index contributed by atoms with van der Waals surface area (Å²) in [6.45, 7) is 3.94. The third-order valence-electron chi connectivity index (χ3n) is 5.89. The molecule has 3 atom stereocenters. The van der Waals surface area contributed by atoms with Gasteiger partial charge in [0, 0.05) is 17.1 Å². The zero-order valence-electron chi connectivity index (χ0n) is 18.0. The topological polar surface area (TPSA) is 96.7 Å². The highest BCUT2D eigenvalue weighted by atomic mass is 79.9. The first-order valence-electron chi connectivity index (χ1n) is 10.4. The van der Waals surface area contributed by atoms with Crippen LogP contribution < -0.4 is 4.74 Å². The average Bonchev–Trinajstić information content (AvgIpc) is 3.28. The van der Waals surface area contributed by atoms with Crippen molar-refractivity contribution in [2.45, 2.75) is 54.2 Å². The number of nitriles is 1. The van der Waals surface area contributed by atoms with Crippen LogP contribution in [0.25, 0.3) is 0 Å². The molecule has 2 aromatic carbocycles. The van der Waals surface area contributed by atoms with Gasteiger partial charge in [0.15, 0.2) is 0 Å². The van der Waals surface area contributed by atoms with Crippen LogP contribution in [0.15, 0.2) is 47.4 Å². The van der Waals surface area contributed by atoms with E-state index in [0.29, 0.717) is 34.7 Å². The molecule has 1 saturated heterocycles. The first-order valence-corrected chi connectivity index (χ1v) is 13.1. The molecule has 0 unspecified atom stereocenters. The van der Waals surface area contributed by atoms with E-state index in [2.05, 4.69) is 22.0 Å². The fraction of sp³-hybridized carbons (Fsp3) is 0.391. The standard InChI is InChI=1S/C23H22BrClN2O5S/c1-23(2)21(24)20(17-12-14(13-26)5-10-19(17)32-23)31-22(28)18-4-3-11-27(18)33(29,30)16-8-6-15(25)7-9-16/h5-10,12,18,20-21H,3-4,11H2,1-2H3/t18-,20+,21-/m0/s1. The second kappa shape index (κ2) is 8.91. The Morgan fingerprint density at radius 1 is 1.27 bits per heavy atom. The molecule has 0 saturated carbocycles. The highest BCUT2D eigenvalue weighted by Gasteiger charge is 2.47. The van der Waals surface area contributed by atoms with E-state index in [1.54, 1.807) is 18.2 Å². The number of carbonyl (C=O) groups excluding carboxylic acids is 1. The quantitative estimate of drug-likeness (QED) is 0.406. The zero-order valence-corrected chi connectivity index (χ0v) is 21.2. The number of benzene rings is 2. The van der Waals surface area contributed by atoms with Crippen molar-refractivity contribution >= 4 is 43.5 Å². The Bertz CT molecular complexity index is 1230. The number of fused-ring (bicyclic) bond motifs is 1. The Morgan fingerprint density at radius 3 is 2.64 bits per heavy atom. The fourth-order valence-corrected chi connectivity index (χ4v) is 6.39. The molecule has 0 aliphatic carbocycles. The summed E-state index contributed by atoms with van der Waals surface area (Å²) in [6, 6.07) is 11.9. The molecule has 10 heteroatoms. The third-order valence-corrected chi connectivity index (χ3v) is 9.64. The van der Waals surface area contributed by atoms with Gasteiger partial charge in [-0.3, -0.25) is 4.79 Å². The van der Waals surface area contributed by atoms with Gasteiger partial charge in [0.2, 0.25) is 10.0 Å². The minimum Gasteiger partial charge on any atom is -0.486 e. The number of hydrogen-bond acceptors (Lipinski definition) is 6. The first kappa shape index (κ1) is 24.0. The monoisotopic (exact) mass is 552 g/mol. The summed E-state index contributed by atoms with van der Waals surface area (Å²) in [4.78, 5) is 13.0. The summed E-state index contributed by atoms with van der Waals surface area (Å²) >= 11 is 9.49. The van der Waals surface area contributed by atoms with Crippen molar-refractivity contribution in [3.05, 3.63) is 58.6 Å². The summed E-state index contributed by atoms with van der Waals surface area (Å²) in [6.07, 6.45) is 0.139. The van der Waals surface area contributed by atoms with E-state index in [1.165, 1.54) is 28.6 Å². The molecule has 4 rings (SSSR count). The van der Waals surface area contributed by atoms with Crippen LogP contribution in [0, 0.1) is 11.3 Å². The molecular formula is C23H22BrClN2O5S. The lowest BCUT2D eigenvalue weighted by Gasteiger charge is -2.42. The molecule has 1 fully saturated rings. The lowest BCUT2D eigenvalue weighted by molar-refractivity contribution is -0.156. The zero-order chi connectivity index (χ0) is 24.0. The van der Waals surface area contributed by atoms with Gasteiger partial charge < -0.3 is 9.47 Å². The Morgan fingerprint density at radius 2 is 1.97 bits per heavy atom. The highest BCUT2D eigenvalue weighted by molar-refractivity contribution is 9.09. The Hall–Kier alpha value is -2.12. The molecule has 2 aromatic rings. The lowest BCUT2D eigenvalue weighted by Crippen LogP contribution is -2.48. The molecule has 2 aliphatic heterocycles. The number of carbonyl (C=O) groups is 1. The Balaban J connectivity index is 1.63. The predicted molar refractivity (Wildman–Crippen MR) is 126 cm³/mol. The van der Waals surface area contributed by atoms with Crippen molar-refractivity contribution in [2.24, 2.45) is 0 Å². The van der Waals surface area contributed by atoms with Crippen LogP contribution in [0.1, 0.15) is 43.9 Å². The number of hydrogen-bond donors (Lipinski definition) is 0. The fourth-order valence-electron chi connectivity index (χ4n) is 4.13. The highest BCUT2D eigenvalue weighted by Crippen LogP contribution is 2.46. The summed E-state index contributed by atoms with van der Waals surface area (Å²) in [7, 11) is -3.90. The summed E-state index contributed by atoms with van der Waals surface area (Å²) in [5, 5.41) is 9.73. The lowest BCUT2D eigenvalue weighted by atomic mass is 9.90. The van der Waals surface area contributed by atoms with E-state index >= 15 is 0 Å². The van der Waals surface area contributed by atoms with Crippen molar-refractivity contribution in [3.8, 4) is 11.8 Å². The smallest absolute Gasteiger partial charge is 0.325 e. The molecular weight excluding hydrogens is 532 g/mol. The van der Waals surface area contributed by atoms with Crippen LogP contribution in [0.5, 0.6) is 5.75 Å². The van der Waals surface area contributed by atoms with Crippen LogP contribution in [0.4, 0.5) is 0 Å². The number of alkyl halides is 1. The first-order chi connectivity index (χ1) is 15.5. The van der Waals surface area contributed by atoms with Gasteiger partial charge in [-0.25, -0.2) is 8.42 Å². The Labute approximate surface area is 206 Å². The van der Waals surface area contributed by atoms with Crippen LogP contribution in [-0.2, 0) is 19.6 Å². The summed E-state index contributed by atoms with van der Waals surface area (Å²) in [5.41, 5.74) is 0.260. The molecule has 33 heavy (non-hydrogen) atoms. The number of halogens is 2. The van der Waals surface area contributed by atoms with Crippen LogP contribution in [0.2, 0.25) is 5.02 Å². The van der Waals surface area contributed by atoms with Gasteiger partial charge >= 0.3 is 5.97 Å². The number of esters is 1. The second-order valence-electron chi connectivity index (χ2n) is 8.56. The van der Waals surface area contributed by atoms with Gasteiger partial charge in [-0.05, 0) is 69.2 Å². The second-order valence-corrected chi connectivity index (χ2v) is 11.9. The van der Waals surface area contributed by atoms with E-state index in [4.69, 9.17) is 21.1 Å². The van der Waals surface area contributed by atoms with Gasteiger partial charge in [-0.1, -0.05) is 27.5 Å². The molecule has 2 heterocycles. The van der Waals surface area contributed by atoms with Gasteiger partial charge in [-0.15, -0.1) is 0 Å². The van der Waals surface area contributed by atoms with E-state index < -0.39 is 38.6 Å². The molecule has 0 aromatic heterocycles. The Kier molecular flexibility index (Phi) is 6.49. The maximum Gasteiger partial charge on any atom is 0.325 e. The molecule has 0 N–H and O–H groups in total. The number of nitrogens with zero attached hydrogens (tertiary/aromatic N) is 2. The van der Waals surface area contributed by atoms with Crippen molar-refractivity contribution in [3.63, 3.8) is 0 Å². The maximum atomic E-state index is 13.3. The summed E-state index contributed by atoms with van der Waals surface area (Å²) < 4.78 is 39.6. The molecule has 0 spiro atoms. The van der Waals surface area contributed by atoms with Crippen molar-refractivity contribution in [2.75, 3.05) is 6.54 Å². The molecule has 174 valence electrons. The van der Waals surface area contributed by atoms with Crippen LogP contribution >= 0.6 is 27.5 Å². The molecule has 2 aliphatic rings. The maximum absolute atomic E-state index is 13.3. The normalized spacial score (nSPS) is 24.4. The van der Waals surface area contributed by atoms with Crippen LogP contribution in [-0.4, -0.2) is 41.7 Å². The average molecular weight is 554 g/mol. The van der Waals surface area contributed by atoms with Gasteiger partial charge in [-0.2, -0.15) is 9.57 Å². The molecule has 7 nitrogen and oxygen atoms in total. The van der Waals surface area contributed by atoms with E-state index in [-0.39, 0.29) is 11.4 Å². The summed E-state index contributed by atoms with van der Waals surface area (Å²) in [5.74, 6) is -0.116. The minimum absolute atomic E-state index is 0.0705. The number of ether oxygens (including phenoxy) is 2. The number of rotatable bonds is 4. The third kappa shape index (κ3) is 4.50.